The van der Waals surface area contributed by atoms with Gasteiger partial charge in [-0.3, -0.25) is 4.79 Å². The van der Waals surface area contributed by atoms with E-state index in [1.54, 1.807) is 24.3 Å². The first-order valence-corrected chi connectivity index (χ1v) is 8.25. The third kappa shape index (κ3) is 5.76. The molecule has 0 spiro atoms. The molecule has 4 nitrogen and oxygen atoms in total. The summed E-state index contributed by atoms with van der Waals surface area (Å²) in [4.78, 5) is 24.0. The van der Waals surface area contributed by atoms with Gasteiger partial charge >= 0.3 is 5.97 Å². The summed E-state index contributed by atoms with van der Waals surface area (Å²) in [7, 11) is 0. The van der Waals surface area contributed by atoms with Gasteiger partial charge in [-0.25, -0.2) is 4.79 Å². The van der Waals surface area contributed by atoms with E-state index in [9.17, 15) is 9.59 Å². The molecule has 2 rings (SSSR count). The first-order chi connectivity index (χ1) is 11.8. The van der Waals surface area contributed by atoms with Crippen LogP contribution in [0.15, 0.2) is 48.5 Å². The van der Waals surface area contributed by atoms with Gasteiger partial charge in [0.2, 0.25) is 0 Å². The zero-order chi connectivity index (χ0) is 18.4. The van der Waals surface area contributed by atoms with Gasteiger partial charge in [-0.2, -0.15) is 0 Å². The lowest BCUT2D eigenvalue weighted by atomic mass is 10.1. The number of aryl methyl sites for hydroxylation is 2. The van der Waals surface area contributed by atoms with Crippen LogP contribution in [-0.2, 0) is 14.3 Å². The number of rotatable bonds is 5. The van der Waals surface area contributed by atoms with E-state index in [4.69, 9.17) is 16.3 Å². The van der Waals surface area contributed by atoms with Gasteiger partial charge in [0.15, 0.2) is 6.10 Å². The maximum atomic E-state index is 12.2. The molecule has 0 aliphatic carbocycles. The van der Waals surface area contributed by atoms with E-state index in [0.717, 1.165) is 16.7 Å². The van der Waals surface area contributed by atoms with Gasteiger partial charge in [0.25, 0.3) is 5.91 Å². The van der Waals surface area contributed by atoms with Gasteiger partial charge in [0.05, 0.1) is 0 Å². The SMILES string of the molecule is Cc1ccc(/C=C/C(=O)OC(C)C(=O)Nc2cc(Cl)ccc2C)cc1. The predicted octanol–water partition coefficient (Wildman–Crippen LogP) is 4.54. The molecule has 0 heterocycles. The van der Waals surface area contributed by atoms with Crippen LogP contribution in [0, 0.1) is 13.8 Å². The van der Waals surface area contributed by atoms with Crippen LogP contribution in [0.1, 0.15) is 23.6 Å². The normalized spacial score (nSPS) is 12.0. The van der Waals surface area contributed by atoms with Crippen molar-refractivity contribution in [2.24, 2.45) is 0 Å². The van der Waals surface area contributed by atoms with E-state index < -0.39 is 18.0 Å². The fourth-order valence-corrected chi connectivity index (χ4v) is 2.24. The van der Waals surface area contributed by atoms with Crippen LogP contribution in [0.4, 0.5) is 5.69 Å². The Hall–Kier alpha value is -2.59. The van der Waals surface area contributed by atoms with Crippen LogP contribution < -0.4 is 5.32 Å². The number of nitrogens with one attached hydrogen (secondary N) is 1. The van der Waals surface area contributed by atoms with Crippen LogP contribution in [0.5, 0.6) is 0 Å². The Balaban J connectivity index is 1.92. The third-order valence-corrected chi connectivity index (χ3v) is 3.84. The van der Waals surface area contributed by atoms with Crippen molar-refractivity contribution in [1.29, 1.82) is 0 Å². The third-order valence-electron chi connectivity index (χ3n) is 3.61. The Morgan fingerprint density at radius 1 is 1.12 bits per heavy atom. The number of benzene rings is 2. The number of anilines is 1. The molecule has 0 radical (unpaired) electrons. The Bertz CT molecular complexity index is 797. The molecule has 0 aliphatic rings. The molecular formula is C20H20ClNO3. The second-order valence-corrected chi connectivity index (χ2v) is 6.21. The van der Waals surface area contributed by atoms with Crippen molar-refractivity contribution in [3.05, 3.63) is 70.3 Å². The highest BCUT2D eigenvalue weighted by atomic mass is 35.5. The summed E-state index contributed by atoms with van der Waals surface area (Å²) in [6.45, 7) is 5.36. The van der Waals surface area contributed by atoms with Crippen molar-refractivity contribution in [2.45, 2.75) is 26.9 Å². The lowest BCUT2D eigenvalue weighted by molar-refractivity contribution is -0.148. The minimum Gasteiger partial charge on any atom is -0.449 e. The molecule has 0 aromatic heterocycles. The van der Waals surface area contributed by atoms with Crippen molar-refractivity contribution in [2.75, 3.05) is 5.32 Å². The average Bonchev–Trinajstić information content (AvgIpc) is 2.57. The molecule has 0 fully saturated rings. The number of halogens is 1. The highest BCUT2D eigenvalue weighted by Gasteiger charge is 2.17. The van der Waals surface area contributed by atoms with Gasteiger partial charge in [0, 0.05) is 16.8 Å². The minimum absolute atomic E-state index is 0.414. The zero-order valence-corrected chi connectivity index (χ0v) is 15.1. The molecule has 1 amide bonds. The molecule has 0 aliphatic heterocycles. The number of hydrogen-bond donors (Lipinski definition) is 1. The monoisotopic (exact) mass is 357 g/mol. The lowest BCUT2D eigenvalue weighted by Gasteiger charge is -2.14. The van der Waals surface area contributed by atoms with E-state index in [1.165, 1.54) is 13.0 Å². The van der Waals surface area contributed by atoms with Gasteiger partial charge < -0.3 is 10.1 Å². The Morgan fingerprint density at radius 3 is 2.48 bits per heavy atom. The predicted molar refractivity (Wildman–Crippen MR) is 101 cm³/mol. The standard InChI is InChI=1S/C20H20ClNO3/c1-13-4-7-16(8-5-13)9-11-19(23)25-15(3)20(24)22-18-12-17(21)10-6-14(18)2/h4-12,15H,1-3H3,(H,22,24)/b11-9+. The van der Waals surface area contributed by atoms with Gasteiger partial charge in [-0.15, -0.1) is 0 Å². The molecule has 2 aromatic carbocycles. The lowest BCUT2D eigenvalue weighted by Crippen LogP contribution is -2.29. The van der Waals surface area contributed by atoms with Gasteiger partial charge in [0.1, 0.15) is 0 Å². The fraction of sp³-hybridized carbons (Fsp3) is 0.200. The van der Waals surface area contributed by atoms with Crippen molar-refractivity contribution >= 4 is 35.2 Å². The van der Waals surface area contributed by atoms with Crippen LogP contribution in [0.3, 0.4) is 0 Å². The molecule has 0 bridgehead atoms. The zero-order valence-electron chi connectivity index (χ0n) is 14.4. The van der Waals surface area contributed by atoms with E-state index in [0.29, 0.717) is 10.7 Å². The van der Waals surface area contributed by atoms with E-state index in [-0.39, 0.29) is 0 Å². The average molecular weight is 358 g/mol. The minimum atomic E-state index is -0.923. The second-order valence-electron chi connectivity index (χ2n) is 5.77. The maximum Gasteiger partial charge on any atom is 0.331 e. The first kappa shape index (κ1) is 18.7. The smallest absolute Gasteiger partial charge is 0.331 e. The maximum absolute atomic E-state index is 12.2. The fourth-order valence-electron chi connectivity index (χ4n) is 2.07. The molecule has 25 heavy (non-hydrogen) atoms. The van der Waals surface area contributed by atoms with Crippen LogP contribution >= 0.6 is 11.6 Å². The highest BCUT2D eigenvalue weighted by Crippen LogP contribution is 2.20. The molecule has 1 N–H and O–H groups in total. The number of carbonyl (C=O) groups is 2. The highest BCUT2D eigenvalue weighted by molar-refractivity contribution is 6.31. The van der Waals surface area contributed by atoms with Crippen molar-refractivity contribution < 1.29 is 14.3 Å². The molecule has 2 aromatic rings. The summed E-state index contributed by atoms with van der Waals surface area (Å²) in [5.74, 6) is -0.992. The molecule has 1 unspecified atom stereocenters. The Morgan fingerprint density at radius 2 is 1.80 bits per heavy atom. The number of esters is 1. The van der Waals surface area contributed by atoms with E-state index in [1.807, 2.05) is 38.1 Å². The summed E-state index contributed by atoms with van der Waals surface area (Å²) in [5, 5.41) is 3.23. The number of hydrogen-bond acceptors (Lipinski definition) is 3. The number of ether oxygens (including phenoxy) is 1. The Labute approximate surface area is 152 Å². The van der Waals surface area contributed by atoms with Gasteiger partial charge in [-0.1, -0.05) is 47.5 Å². The van der Waals surface area contributed by atoms with Crippen molar-refractivity contribution in [3.63, 3.8) is 0 Å². The molecule has 0 saturated carbocycles. The van der Waals surface area contributed by atoms with E-state index >= 15 is 0 Å². The van der Waals surface area contributed by atoms with Gasteiger partial charge in [-0.05, 0) is 50.1 Å². The molecular weight excluding hydrogens is 338 g/mol. The summed E-state index contributed by atoms with van der Waals surface area (Å²) in [6.07, 6.45) is 2.03. The Kier molecular flexibility index (Phi) is 6.37. The summed E-state index contributed by atoms with van der Waals surface area (Å²) >= 11 is 5.93. The molecule has 130 valence electrons. The number of carbonyl (C=O) groups excluding carboxylic acids is 2. The molecule has 1 atom stereocenters. The quantitative estimate of drug-likeness (QED) is 0.631. The summed E-state index contributed by atoms with van der Waals surface area (Å²) < 4.78 is 5.13. The molecule has 5 heteroatoms. The summed E-state index contributed by atoms with van der Waals surface area (Å²) in [5.41, 5.74) is 3.49. The van der Waals surface area contributed by atoms with Crippen molar-refractivity contribution in [3.8, 4) is 0 Å². The van der Waals surface area contributed by atoms with E-state index in [2.05, 4.69) is 5.32 Å². The van der Waals surface area contributed by atoms with Crippen LogP contribution in [0.2, 0.25) is 5.02 Å². The largest absolute Gasteiger partial charge is 0.449 e. The second kappa shape index (κ2) is 8.49. The topological polar surface area (TPSA) is 55.4 Å². The van der Waals surface area contributed by atoms with Crippen LogP contribution in [0.25, 0.3) is 6.08 Å². The van der Waals surface area contributed by atoms with Crippen LogP contribution in [-0.4, -0.2) is 18.0 Å². The van der Waals surface area contributed by atoms with Crippen molar-refractivity contribution in [1.82, 2.24) is 0 Å². The first-order valence-electron chi connectivity index (χ1n) is 7.87. The number of amides is 1. The molecule has 0 saturated heterocycles. The summed E-state index contributed by atoms with van der Waals surface area (Å²) in [6, 6.07) is 12.9.